The zero-order chi connectivity index (χ0) is 15.6. The average molecular weight is 376 g/mol. The Labute approximate surface area is 130 Å². The number of nitrogens with one attached hydrogen (secondary N) is 1. The Kier molecular flexibility index (Phi) is 4.75. The van der Waals surface area contributed by atoms with Gasteiger partial charge < -0.3 is 0 Å². The zero-order valence-electron chi connectivity index (χ0n) is 11.0. The van der Waals surface area contributed by atoms with Gasteiger partial charge in [-0.2, -0.15) is 0 Å². The van der Waals surface area contributed by atoms with Gasteiger partial charge in [0.2, 0.25) is 10.0 Å². The van der Waals surface area contributed by atoms with Crippen molar-refractivity contribution in [3.63, 3.8) is 0 Å². The maximum absolute atomic E-state index is 13.7. The smallest absolute Gasteiger partial charge is 0.207 e. The first-order valence-corrected chi connectivity index (χ1v) is 8.30. The molecule has 0 aliphatic heterocycles. The van der Waals surface area contributed by atoms with Crippen molar-refractivity contribution in [1.82, 2.24) is 4.72 Å². The first-order valence-electron chi connectivity index (χ1n) is 6.03. The minimum absolute atomic E-state index is 0.0550. The zero-order valence-corrected chi connectivity index (χ0v) is 13.4. The number of hydrogen-bond donors (Lipinski definition) is 1. The Balaban J connectivity index is 2.30. The van der Waals surface area contributed by atoms with Crippen molar-refractivity contribution in [3.8, 4) is 0 Å². The van der Waals surface area contributed by atoms with Crippen LogP contribution in [0.4, 0.5) is 8.78 Å². The Morgan fingerprint density at radius 1 is 1.14 bits per heavy atom. The molecule has 2 aromatic rings. The fourth-order valence-corrected chi connectivity index (χ4v) is 4.10. The predicted molar refractivity (Wildman–Crippen MR) is 79.2 cm³/mol. The molecule has 0 amide bonds. The van der Waals surface area contributed by atoms with Gasteiger partial charge in [-0.3, -0.25) is 0 Å². The van der Waals surface area contributed by atoms with E-state index in [4.69, 9.17) is 0 Å². The molecule has 2 rings (SSSR count). The van der Waals surface area contributed by atoms with Crippen LogP contribution in [0.25, 0.3) is 0 Å². The minimum atomic E-state index is -3.82. The van der Waals surface area contributed by atoms with Gasteiger partial charge in [0.1, 0.15) is 11.6 Å². The molecule has 2 aromatic carbocycles. The van der Waals surface area contributed by atoms with E-state index < -0.39 is 27.7 Å². The van der Waals surface area contributed by atoms with E-state index in [0.29, 0.717) is 4.47 Å². The first kappa shape index (κ1) is 16.1. The second kappa shape index (κ2) is 6.21. The second-order valence-electron chi connectivity index (χ2n) is 4.44. The molecule has 0 aliphatic rings. The fourth-order valence-electron chi connectivity index (χ4n) is 1.88. The van der Waals surface area contributed by atoms with E-state index in [9.17, 15) is 17.2 Å². The van der Waals surface area contributed by atoms with Gasteiger partial charge in [0, 0.05) is 22.1 Å². The molecule has 0 aliphatic carbocycles. The van der Waals surface area contributed by atoms with Crippen molar-refractivity contribution in [2.75, 3.05) is 0 Å². The standard InChI is InChI=1S/C14H12BrF2NO2S/c1-9(11-7-6-10(16)8-13(11)17)18-21(19,20)14-5-3-2-4-12(14)15/h2-9,18H,1H3/t9-/m1/s1. The summed E-state index contributed by atoms with van der Waals surface area (Å²) in [5, 5.41) is 0. The molecule has 1 atom stereocenters. The monoisotopic (exact) mass is 375 g/mol. The van der Waals surface area contributed by atoms with Gasteiger partial charge >= 0.3 is 0 Å². The van der Waals surface area contributed by atoms with E-state index in [2.05, 4.69) is 20.7 Å². The topological polar surface area (TPSA) is 46.2 Å². The molecule has 0 fully saturated rings. The van der Waals surface area contributed by atoms with Gasteiger partial charge in [-0.25, -0.2) is 21.9 Å². The van der Waals surface area contributed by atoms with Crippen LogP contribution in [0.2, 0.25) is 0 Å². The summed E-state index contributed by atoms with van der Waals surface area (Å²) in [6, 6.07) is 8.49. The summed E-state index contributed by atoms with van der Waals surface area (Å²) < 4.78 is 53.9. The van der Waals surface area contributed by atoms with Gasteiger partial charge in [0.25, 0.3) is 0 Å². The lowest BCUT2D eigenvalue weighted by Crippen LogP contribution is -2.27. The summed E-state index contributed by atoms with van der Waals surface area (Å²) in [7, 11) is -3.82. The molecule has 21 heavy (non-hydrogen) atoms. The van der Waals surface area contributed by atoms with Crippen LogP contribution in [-0.2, 0) is 10.0 Å². The van der Waals surface area contributed by atoms with Gasteiger partial charge in [0.05, 0.1) is 4.90 Å². The maximum atomic E-state index is 13.7. The highest BCUT2D eigenvalue weighted by Crippen LogP contribution is 2.24. The van der Waals surface area contributed by atoms with E-state index in [1.165, 1.54) is 19.1 Å². The molecular weight excluding hydrogens is 364 g/mol. The Morgan fingerprint density at radius 3 is 2.43 bits per heavy atom. The third-order valence-corrected chi connectivity index (χ3v) is 5.44. The van der Waals surface area contributed by atoms with Crippen molar-refractivity contribution in [3.05, 3.63) is 64.1 Å². The summed E-state index contributed by atoms with van der Waals surface area (Å²) in [4.78, 5) is 0.0550. The van der Waals surface area contributed by atoms with Crippen LogP contribution < -0.4 is 4.72 Å². The number of benzene rings is 2. The summed E-state index contributed by atoms with van der Waals surface area (Å²) in [6.45, 7) is 1.49. The summed E-state index contributed by atoms with van der Waals surface area (Å²) in [5.41, 5.74) is 0.0760. The SMILES string of the molecule is C[C@@H](NS(=O)(=O)c1ccccc1Br)c1ccc(F)cc1F. The highest BCUT2D eigenvalue weighted by molar-refractivity contribution is 9.10. The number of halogens is 3. The Hall–Kier alpha value is -1.31. The number of rotatable bonds is 4. The van der Waals surface area contributed by atoms with Crippen LogP contribution in [0.3, 0.4) is 0 Å². The molecule has 0 unspecified atom stereocenters. The van der Waals surface area contributed by atoms with Crippen LogP contribution in [0, 0.1) is 11.6 Å². The third-order valence-electron chi connectivity index (χ3n) is 2.89. The van der Waals surface area contributed by atoms with Crippen molar-refractivity contribution in [2.24, 2.45) is 0 Å². The van der Waals surface area contributed by atoms with Gasteiger partial charge in [-0.15, -0.1) is 0 Å². The third kappa shape index (κ3) is 3.66. The lowest BCUT2D eigenvalue weighted by atomic mass is 10.1. The van der Waals surface area contributed by atoms with E-state index >= 15 is 0 Å². The van der Waals surface area contributed by atoms with Crippen LogP contribution in [-0.4, -0.2) is 8.42 Å². The number of hydrogen-bond acceptors (Lipinski definition) is 2. The van der Waals surface area contributed by atoms with E-state index in [1.54, 1.807) is 18.2 Å². The molecule has 112 valence electrons. The van der Waals surface area contributed by atoms with E-state index in [-0.39, 0.29) is 10.5 Å². The Bertz CT molecular complexity index is 765. The molecule has 7 heteroatoms. The van der Waals surface area contributed by atoms with Gasteiger partial charge in [-0.1, -0.05) is 18.2 Å². The number of sulfonamides is 1. The lowest BCUT2D eigenvalue weighted by Gasteiger charge is -2.16. The summed E-state index contributed by atoms with van der Waals surface area (Å²) in [5.74, 6) is -1.51. The quantitative estimate of drug-likeness (QED) is 0.883. The summed E-state index contributed by atoms with van der Waals surface area (Å²) >= 11 is 3.16. The molecule has 1 N–H and O–H groups in total. The van der Waals surface area contributed by atoms with Crippen LogP contribution in [0.15, 0.2) is 51.8 Å². The molecular formula is C14H12BrF2NO2S. The first-order chi connectivity index (χ1) is 9.81. The van der Waals surface area contributed by atoms with Gasteiger partial charge in [-0.05, 0) is 41.1 Å². The van der Waals surface area contributed by atoms with E-state index in [1.807, 2.05) is 0 Å². The van der Waals surface area contributed by atoms with Crippen molar-refractivity contribution in [1.29, 1.82) is 0 Å². The molecule has 0 aromatic heterocycles. The largest absolute Gasteiger partial charge is 0.242 e. The van der Waals surface area contributed by atoms with Crippen molar-refractivity contribution >= 4 is 26.0 Å². The Morgan fingerprint density at radius 2 is 1.81 bits per heavy atom. The molecule has 0 saturated carbocycles. The molecule has 3 nitrogen and oxygen atoms in total. The maximum Gasteiger partial charge on any atom is 0.242 e. The van der Waals surface area contributed by atoms with Crippen LogP contribution in [0.5, 0.6) is 0 Å². The fraction of sp³-hybridized carbons (Fsp3) is 0.143. The highest BCUT2D eigenvalue weighted by Gasteiger charge is 2.22. The lowest BCUT2D eigenvalue weighted by molar-refractivity contribution is 0.539. The summed E-state index contributed by atoms with van der Waals surface area (Å²) in [6.07, 6.45) is 0. The van der Waals surface area contributed by atoms with Crippen molar-refractivity contribution in [2.45, 2.75) is 17.9 Å². The molecule has 0 saturated heterocycles. The van der Waals surface area contributed by atoms with E-state index in [0.717, 1.165) is 12.1 Å². The predicted octanol–water partition coefficient (Wildman–Crippen LogP) is 3.77. The normalized spacial score (nSPS) is 13.1. The van der Waals surface area contributed by atoms with Crippen LogP contribution in [0.1, 0.15) is 18.5 Å². The van der Waals surface area contributed by atoms with Crippen molar-refractivity contribution < 1.29 is 17.2 Å². The van der Waals surface area contributed by atoms with Gasteiger partial charge in [0.15, 0.2) is 0 Å². The minimum Gasteiger partial charge on any atom is -0.207 e. The molecule has 0 radical (unpaired) electrons. The molecule has 0 bridgehead atoms. The highest BCUT2D eigenvalue weighted by atomic mass is 79.9. The average Bonchev–Trinajstić information content (AvgIpc) is 2.38. The van der Waals surface area contributed by atoms with Crippen LogP contribution >= 0.6 is 15.9 Å². The molecule has 0 spiro atoms. The molecule has 0 heterocycles. The second-order valence-corrected chi connectivity index (χ2v) is 6.98.